The first kappa shape index (κ1) is 17.3. The maximum Gasteiger partial charge on any atom is 0.259 e. The molecule has 3 rings (SSSR count). The van der Waals surface area contributed by atoms with Crippen molar-refractivity contribution in [3.8, 4) is 11.5 Å². The summed E-state index contributed by atoms with van der Waals surface area (Å²) >= 11 is 0. The summed E-state index contributed by atoms with van der Waals surface area (Å²) in [5.41, 5.74) is 2.21. The first-order valence-electron chi connectivity index (χ1n) is 7.84. The van der Waals surface area contributed by atoms with Crippen LogP contribution in [0.15, 0.2) is 54.9 Å². The largest absolute Gasteiger partial charge is 0.594 e. The highest BCUT2D eigenvalue weighted by Gasteiger charge is 2.15. The zero-order valence-electron chi connectivity index (χ0n) is 14.2. The number of aryl methyl sites for hydroxylation is 2. The number of amides is 1. The minimum absolute atomic E-state index is 0.304. The number of carbonyl (C=O) groups is 1. The molecule has 0 aliphatic heterocycles. The molecule has 0 unspecified atom stereocenters. The van der Waals surface area contributed by atoms with E-state index in [0.29, 0.717) is 33.2 Å². The van der Waals surface area contributed by atoms with Gasteiger partial charge < -0.3 is 15.3 Å². The summed E-state index contributed by atoms with van der Waals surface area (Å²) in [5, 5.41) is 17.2. The Hall–Kier alpha value is -3.48. The number of nitrogens with zero attached hydrogens (tertiary/aromatic N) is 2. The predicted octanol–water partition coefficient (Wildman–Crippen LogP) is 3.52. The van der Waals surface area contributed by atoms with Crippen LogP contribution in [0.1, 0.15) is 21.5 Å². The predicted molar refractivity (Wildman–Crippen MR) is 93.5 cm³/mol. The summed E-state index contributed by atoms with van der Waals surface area (Å²) in [4.78, 5) is 13.0. The maximum atomic E-state index is 13.3. The Morgan fingerprint density at radius 3 is 2.65 bits per heavy atom. The third-order valence-corrected chi connectivity index (χ3v) is 3.69. The summed E-state index contributed by atoms with van der Waals surface area (Å²) in [6, 6.07) is 10.8. The van der Waals surface area contributed by atoms with Gasteiger partial charge in [0.2, 0.25) is 6.20 Å². The zero-order chi connectivity index (χ0) is 18.7. The van der Waals surface area contributed by atoms with Gasteiger partial charge in [-0.1, -0.05) is 10.9 Å². The smallest absolute Gasteiger partial charge is 0.259 e. The van der Waals surface area contributed by atoms with Gasteiger partial charge in [0.05, 0.1) is 11.3 Å². The van der Waals surface area contributed by atoms with Crippen molar-refractivity contribution in [3.63, 3.8) is 0 Å². The molecule has 1 N–H and O–H groups in total. The highest BCUT2D eigenvalue weighted by Crippen LogP contribution is 2.29. The van der Waals surface area contributed by atoms with Crippen molar-refractivity contribution < 1.29 is 18.8 Å². The maximum absolute atomic E-state index is 13.3. The van der Waals surface area contributed by atoms with E-state index in [-0.39, 0.29) is 5.82 Å². The third kappa shape index (κ3) is 3.94. The van der Waals surface area contributed by atoms with Crippen LogP contribution in [0, 0.1) is 24.9 Å². The number of aromatic nitrogens is 2. The van der Waals surface area contributed by atoms with Gasteiger partial charge in [-0.3, -0.25) is 4.79 Å². The van der Waals surface area contributed by atoms with Gasteiger partial charge >= 0.3 is 0 Å². The van der Waals surface area contributed by atoms with Crippen molar-refractivity contribution in [1.29, 1.82) is 0 Å². The Morgan fingerprint density at radius 1 is 1.15 bits per heavy atom. The van der Waals surface area contributed by atoms with Crippen molar-refractivity contribution in [2.75, 3.05) is 5.32 Å². The quantitative estimate of drug-likeness (QED) is 0.575. The Labute approximate surface area is 149 Å². The van der Waals surface area contributed by atoms with E-state index in [1.807, 2.05) is 6.92 Å². The minimum Gasteiger partial charge on any atom is -0.594 e. The van der Waals surface area contributed by atoms with E-state index in [9.17, 15) is 14.4 Å². The Morgan fingerprint density at radius 2 is 1.96 bits per heavy atom. The molecular weight excluding hydrogens is 337 g/mol. The fourth-order valence-electron chi connectivity index (χ4n) is 2.36. The lowest BCUT2D eigenvalue weighted by Crippen LogP contribution is -2.29. The second kappa shape index (κ2) is 7.18. The van der Waals surface area contributed by atoms with E-state index in [2.05, 4.69) is 10.4 Å². The molecule has 0 bridgehead atoms. The lowest BCUT2D eigenvalue weighted by Gasteiger charge is -2.14. The number of hydrogen-bond donors (Lipinski definition) is 1. The lowest BCUT2D eigenvalue weighted by molar-refractivity contribution is -0.669. The van der Waals surface area contributed by atoms with Gasteiger partial charge in [0.1, 0.15) is 23.5 Å². The van der Waals surface area contributed by atoms with Crippen molar-refractivity contribution in [1.82, 2.24) is 5.10 Å². The number of benzene rings is 2. The second-order valence-electron chi connectivity index (χ2n) is 5.78. The van der Waals surface area contributed by atoms with Crippen LogP contribution >= 0.6 is 0 Å². The van der Waals surface area contributed by atoms with Crippen molar-refractivity contribution in [2.45, 2.75) is 13.8 Å². The molecule has 0 spiro atoms. The van der Waals surface area contributed by atoms with Gasteiger partial charge in [0, 0.05) is 11.2 Å². The summed E-state index contributed by atoms with van der Waals surface area (Å²) in [6.07, 6.45) is 2.44. The van der Waals surface area contributed by atoms with Crippen molar-refractivity contribution in [2.24, 2.45) is 0 Å². The topological polar surface area (TPSA) is 78.2 Å². The Balaban J connectivity index is 1.89. The molecule has 2 aromatic carbocycles. The molecule has 1 heterocycles. The van der Waals surface area contributed by atoms with Gasteiger partial charge in [0.15, 0.2) is 0 Å². The molecule has 0 aliphatic rings. The molecule has 0 saturated carbocycles. The number of ether oxygens (including phenoxy) is 1. The average molecular weight is 353 g/mol. The minimum atomic E-state index is -0.412. The second-order valence-corrected chi connectivity index (χ2v) is 5.78. The average Bonchev–Trinajstić information content (AvgIpc) is 2.59. The van der Waals surface area contributed by atoms with Crippen LogP contribution in [0.2, 0.25) is 0 Å². The fourth-order valence-corrected chi connectivity index (χ4v) is 2.36. The SMILES string of the molecule is Cc1ccc(C(=O)Nc2cc[n+]([O-])nc2)c(Oc2ccc(F)cc2C)c1. The number of rotatable bonds is 4. The summed E-state index contributed by atoms with van der Waals surface area (Å²) in [6.45, 7) is 3.60. The van der Waals surface area contributed by atoms with E-state index < -0.39 is 5.91 Å². The molecule has 7 heteroatoms. The first-order valence-corrected chi connectivity index (χ1v) is 7.84. The number of hydrogen-bond acceptors (Lipinski definition) is 4. The molecule has 0 fully saturated rings. The number of halogens is 1. The van der Waals surface area contributed by atoms with Crippen LogP contribution in [0.3, 0.4) is 0 Å². The molecular formula is C19H16FN3O3. The molecule has 0 aliphatic carbocycles. The van der Waals surface area contributed by atoms with E-state index in [1.54, 1.807) is 25.1 Å². The van der Waals surface area contributed by atoms with E-state index >= 15 is 0 Å². The molecule has 3 aromatic rings. The normalized spacial score (nSPS) is 10.4. The van der Waals surface area contributed by atoms with Gasteiger partial charge in [-0.25, -0.2) is 4.39 Å². The van der Waals surface area contributed by atoms with Crippen molar-refractivity contribution in [3.05, 3.63) is 82.6 Å². The van der Waals surface area contributed by atoms with Crippen LogP contribution in [0.25, 0.3) is 0 Å². The highest BCUT2D eigenvalue weighted by atomic mass is 19.1. The summed E-state index contributed by atoms with van der Waals surface area (Å²) in [5.74, 6) is 0.0364. The molecule has 6 nitrogen and oxygen atoms in total. The first-order chi connectivity index (χ1) is 12.4. The van der Waals surface area contributed by atoms with Gasteiger partial charge in [-0.15, -0.1) is 0 Å². The number of nitrogens with one attached hydrogen (secondary N) is 1. The zero-order valence-corrected chi connectivity index (χ0v) is 14.2. The standard InChI is InChI=1S/C19H16FN3O3/c1-12-3-5-16(19(24)22-15-7-8-23(25)21-11-15)18(9-12)26-17-6-4-14(20)10-13(17)2/h3-11H,1-2H3,(H,22,24). The highest BCUT2D eigenvalue weighted by molar-refractivity contribution is 6.06. The number of anilines is 1. The molecule has 1 amide bonds. The third-order valence-electron chi connectivity index (χ3n) is 3.69. The molecule has 132 valence electrons. The van der Waals surface area contributed by atoms with Gasteiger partial charge in [-0.05, 0) is 55.3 Å². The molecule has 26 heavy (non-hydrogen) atoms. The van der Waals surface area contributed by atoms with E-state index in [4.69, 9.17) is 4.74 Å². The lowest BCUT2D eigenvalue weighted by atomic mass is 10.1. The Kier molecular flexibility index (Phi) is 4.79. The number of carbonyl (C=O) groups excluding carboxylic acids is 1. The molecule has 0 saturated heterocycles. The summed E-state index contributed by atoms with van der Waals surface area (Å²) < 4.78 is 19.1. The van der Waals surface area contributed by atoms with Gasteiger partial charge in [-0.2, -0.15) is 0 Å². The van der Waals surface area contributed by atoms with Crippen molar-refractivity contribution >= 4 is 11.6 Å². The molecule has 1 aromatic heterocycles. The van der Waals surface area contributed by atoms with E-state index in [0.717, 1.165) is 5.56 Å². The monoisotopic (exact) mass is 353 g/mol. The van der Waals surface area contributed by atoms with Gasteiger partial charge in [0.25, 0.3) is 5.91 Å². The van der Waals surface area contributed by atoms with Crippen LogP contribution in [0.4, 0.5) is 10.1 Å². The van der Waals surface area contributed by atoms with Crippen LogP contribution < -0.4 is 14.9 Å². The van der Waals surface area contributed by atoms with Crippen LogP contribution in [0.5, 0.6) is 11.5 Å². The Bertz CT molecular complexity index is 959. The molecule has 0 radical (unpaired) electrons. The van der Waals surface area contributed by atoms with Crippen LogP contribution in [-0.2, 0) is 0 Å². The van der Waals surface area contributed by atoms with Crippen LogP contribution in [-0.4, -0.2) is 11.0 Å². The fraction of sp³-hybridized carbons (Fsp3) is 0.105. The molecule has 0 atom stereocenters. The summed E-state index contributed by atoms with van der Waals surface area (Å²) in [7, 11) is 0. The van der Waals surface area contributed by atoms with E-state index in [1.165, 1.54) is 36.7 Å².